The summed E-state index contributed by atoms with van der Waals surface area (Å²) in [5.74, 6) is -0.0371. The molecule has 1 unspecified atom stereocenters. The highest BCUT2D eigenvalue weighted by Crippen LogP contribution is 2.12. The second kappa shape index (κ2) is 8.31. The Morgan fingerprint density at radius 2 is 2.17 bits per heavy atom. The van der Waals surface area contributed by atoms with Gasteiger partial charge in [0.2, 0.25) is 5.91 Å². The number of rotatable bonds is 8. The van der Waals surface area contributed by atoms with Gasteiger partial charge in [0, 0.05) is 19.0 Å². The van der Waals surface area contributed by atoms with E-state index in [1.807, 2.05) is 30.3 Å². The first-order chi connectivity index (χ1) is 8.74. The van der Waals surface area contributed by atoms with Crippen molar-refractivity contribution in [1.29, 1.82) is 0 Å². The van der Waals surface area contributed by atoms with Crippen LogP contribution in [-0.2, 0) is 9.53 Å². The summed E-state index contributed by atoms with van der Waals surface area (Å²) < 4.78 is 4.95. The highest BCUT2D eigenvalue weighted by Gasteiger charge is 2.10. The predicted octanol–water partition coefficient (Wildman–Crippen LogP) is 1.74. The van der Waals surface area contributed by atoms with Crippen molar-refractivity contribution in [2.45, 2.75) is 18.9 Å². The standard InChI is InChI=1S/C14H20N2O2/c1-2-18-10-6-9-16-14(17)11-13(15)12-7-4-3-5-8-12/h2-5,7-8,13H,1,6,9-11,15H2,(H,16,17). The molecule has 0 spiro atoms. The van der Waals surface area contributed by atoms with E-state index in [9.17, 15) is 4.79 Å². The molecule has 1 amide bonds. The number of hydrogen-bond donors (Lipinski definition) is 2. The molecule has 0 aliphatic heterocycles. The third-order valence-electron chi connectivity index (χ3n) is 2.51. The van der Waals surface area contributed by atoms with Gasteiger partial charge in [-0.25, -0.2) is 0 Å². The fourth-order valence-electron chi connectivity index (χ4n) is 1.56. The maximum atomic E-state index is 11.6. The van der Waals surface area contributed by atoms with Gasteiger partial charge in [-0.2, -0.15) is 0 Å². The molecule has 1 aromatic rings. The van der Waals surface area contributed by atoms with Gasteiger partial charge in [0.25, 0.3) is 0 Å². The second-order valence-corrected chi connectivity index (χ2v) is 3.96. The average molecular weight is 248 g/mol. The third-order valence-corrected chi connectivity index (χ3v) is 2.51. The maximum absolute atomic E-state index is 11.6. The fraction of sp³-hybridized carbons (Fsp3) is 0.357. The van der Waals surface area contributed by atoms with Crippen LogP contribution >= 0.6 is 0 Å². The Bertz CT molecular complexity index is 365. The van der Waals surface area contributed by atoms with E-state index >= 15 is 0 Å². The minimum Gasteiger partial charge on any atom is -0.502 e. The van der Waals surface area contributed by atoms with Gasteiger partial charge in [0.05, 0.1) is 12.9 Å². The number of amides is 1. The van der Waals surface area contributed by atoms with Crippen LogP contribution < -0.4 is 11.1 Å². The van der Waals surface area contributed by atoms with Crippen molar-refractivity contribution in [3.63, 3.8) is 0 Å². The molecule has 3 N–H and O–H groups in total. The Hall–Kier alpha value is -1.81. The molecule has 98 valence electrons. The van der Waals surface area contributed by atoms with E-state index in [1.54, 1.807) is 0 Å². The van der Waals surface area contributed by atoms with Crippen molar-refractivity contribution in [2.75, 3.05) is 13.2 Å². The number of benzene rings is 1. The molecule has 4 heteroatoms. The van der Waals surface area contributed by atoms with Gasteiger partial charge in [-0.15, -0.1) is 0 Å². The van der Waals surface area contributed by atoms with Gasteiger partial charge in [0.15, 0.2) is 0 Å². The van der Waals surface area contributed by atoms with E-state index in [0.717, 1.165) is 12.0 Å². The van der Waals surface area contributed by atoms with Crippen molar-refractivity contribution in [2.24, 2.45) is 5.73 Å². The molecule has 0 radical (unpaired) electrons. The van der Waals surface area contributed by atoms with Crippen molar-refractivity contribution in [3.8, 4) is 0 Å². The number of carbonyl (C=O) groups excluding carboxylic acids is 1. The SMILES string of the molecule is C=COCCCNC(=O)CC(N)c1ccccc1. The van der Waals surface area contributed by atoms with Crippen LogP contribution in [0.2, 0.25) is 0 Å². The summed E-state index contributed by atoms with van der Waals surface area (Å²) >= 11 is 0. The topological polar surface area (TPSA) is 64.3 Å². The van der Waals surface area contributed by atoms with Crippen LogP contribution in [0.25, 0.3) is 0 Å². The lowest BCUT2D eigenvalue weighted by molar-refractivity contribution is -0.121. The molecule has 0 saturated heterocycles. The Morgan fingerprint density at radius 1 is 1.44 bits per heavy atom. The van der Waals surface area contributed by atoms with Crippen molar-refractivity contribution < 1.29 is 9.53 Å². The van der Waals surface area contributed by atoms with E-state index in [1.165, 1.54) is 6.26 Å². The summed E-state index contributed by atoms with van der Waals surface area (Å²) in [6.45, 7) is 4.60. The molecule has 0 heterocycles. The molecule has 1 atom stereocenters. The van der Waals surface area contributed by atoms with Crippen molar-refractivity contribution in [3.05, 3.63) is 48.7 Å². The lowest BCUT2D eigenvalue weighted by Gasteiger charge is -2.12. The Morgan fingerprint density at radius 3 is 2.83 bits per heavy atom. The zero-order chi connectivity index (χ0) is 13.2. The molecule has 0 aliphatic carbocycles. The Kier molecular flexibility index (Phi) is 6.58. The maximum Gasteiger partial charge on any atom is 0.221 e. The zero-order valence-corrected chi connectivity index (χ0v) is 10.5. The van der Waals surface area contributed by atoms with Gasteiger partial charge in [-0.3, -0.25) is 4.79 Å². The van der Waals surface area contributed by atoms with Crippen LogP contribution in [0.4, 0.5) is 0 Å². The average Bonchev–Trinajstić information content (AvgIpc) is 2.39. The number of nitrogens with one attached hydrogen (secondary N) is 1. The Labute approximate surface area is 108 Å². The van der Waals surface area contributed by atoms with E-state index in [-0.39, 0.29) is 11.9 Å². The lowest BCUT2D eigenvalue weighted by Crippen LogP contribution is -2.28. The molecule has 0 fully saturated rings. The van der Waals surface area contributed by atoms with Crippen molar-refractivity contribution >= 4 is 5.91 Å². The Balaban J connectivity index is 2.21. The highest BCUT2D eigenvalue weighted by atomic mass is 16.5. The summed E-state index contributed by atoms with van der Waals surface area (Å²) in [6.07, 6.45) is 2.46. The lowest BCUT2D eigenvalue weighted by atomic mass is 10.0. The normalized spacial score (nSPS) is 11.6. The molecule has 0 aliphatic rings. The molecule has 18 heavy (non-hydrogen) atoms. The first-order valence-corrected chi connectivity index (χ1v) is 6.03. The first-order valence-electron chi connectivity index (χ1n) is 6.03. The summed E-state index contributed by atoms with van der Waals surface area (Å²) in [5.41, 5.74) is 6.92. The zero-order valence-electron chi connectivity index (χ0n) is 10.5. The molecule has 0 aromatic heterocycles. The van der Waals surface area contributed by atoms with Gasteiger partial charge in [-0.05, 0) is 12.0 Å². The van der Waals surface area contributed by atoms with Gasteiger partial charge in [-0.1, -0.05) is 36.9 Å². The molecule has 4 nitrogen and oxygen atoms in total. The van der Waals surface area contributed by atoms with Crippen LogP contribution in [0.15, 0.2) is 43.2 Å². The first kappa shape index (κ1) is 14.3. The summed E-state index contributed by atoms with van der Waals surface area (Å²) in [4.78, 5) is 11.6. The fourth-order valence-corrected chi connectivity index (χ4v) is 1.56. The third kappa shape index (κ3) is 5.50. The molecule has 0 bridgehead atoms. The molecule has 1 aromatic carbocycles. The van der Waals surface area contributed by atoms with Crippen molar-refractivity contribution in [1.82, 2.24) is 5.32 Å². The molecule has 1 rings (SSSR count). The summed E-state index contributed by atoms with van der Waals surface area (Å²) in [6, 6.07) is 9.36. The number of hydrogen-bond acceptors (Lipinski definition) is 3. The molecular formula is C14H20N2O2. The van der Waals surface area contributed by atoms with Gasteiger partial charge in [0.1, 0.15) is 0 Å². The van der Waals surface area contributed by atoms with Crippen LogP contribution in [0.3, 0.4) is 0 Å². The quantitative estimate of drug-likeness (QED) is 0.544. The minimum absolute atomic E-state index is 0.0371. The van der Waals surface area contributed by atoms with E-state index in [4.69, 9.17) is 10.5 Å². The number of carbonyl (C=O) groups is 1. The number of ether oxygens (including phenoxy) is 1. The van der Waals surface area contributed by atoms with Crippen LogP contribution in [-0.4, -0.2) is 19.1 Å². The predicted molar refractivity (Wildman–Crippen MR) is 71.8 cm³/mol. The largest absolute Gasteiger partial charge is 0.502 e. The minimum atomic E-state index is -0.254. The van der Waals surface area contributed by atoms with Crippen LogP contribution in [0.1, 0.15) is 24.4 Å². The van der Waals surface area contributed by atoms with Crippen LogP contribution in [0.5, 0.6) is 0 Å². The smallest absolute Gasteiger partial charge is 0.221 e. The number of nitrogens with two attached hydrogens (primary N) is 1. The second-order valence-electron chi connectivity index (χ2n) is 3.96. The van der Waals surface area contributed by atoms with E-state index in [2.05, 4.69) is 11.9 Å². The molecule has 0 saturated carbocycles. The summed E-state index contributed by atoms with van der Waals surface area (Å²) in [5, 5.41) is 2.81. The van der Waals surface area contributed by atoms with E-state index in [0.29, 0.717) is 19.6 Å². The van der Waals surface area contributed by atoms with Gasteiger partial charge >= 0.3 is 0 Å². The van der Waals surface area contributed by atoms with Crippen LogP contribution in [0, 0.1) is 0 Å². The molecular weight excluding hydrogens is 228 g/mol. The van der Waals surface area contributed by atoms with Gasteiger partial charge < -0.3 is 15.8 Å². The highest BCUT2D eigenvalue weighted by molar-refractivity contribution is 5.76. The summed E-state index contributed by atoms with van der Waals surface area (Å²) in [7, 11) is 0. The monoisotopic (exact) mass is 248 g/mol. The van der Waals surface area contributed by atoms with E-state index < -0.39 is 0 Å².